The molecule has 4 nitrogen and oxygen atoms in total. The van der Waals surface area contributed by atoms with Crippen molar-refractivity contribution in [1.82, 2.24) is 0 Å². The number of rotatable bonds is 5. The van der Waals surface area contributed by atoms with Crippen LogP contribution in [-0.2, 0) is 20.1 Å². The standard InChI is InChI=1S/C16H22O4Si/c1-16(2,3)21(4,12-13-8-6-5-7-9-13)20-15(19)11-10-14(17)18/h5-11H,12H2,1-4H3,(H,17,18)/b11-10-. The van der Waals surface area contributed by atoms with Crippen molar-refractivity contribution >= 4 is 20.3 Å². The summed E-state index contributed by atoms with van der Waals surface area (Å²) in [6.07, 6.45) is 1.78. The molecule has 0 aliphatic rings. The van der Waals surface area contributed by atoms with Crippen LogP contribution in [0, 0.1) is 0 Å². The molecule has 1 unspecified atom stereocenters. The van der Waals surface area contributed by atoms with Gasteiger partial charge in [-0.1, -0.05) is 51.1 Å². The van der Waals surface area contributed by atoms with Crippen LogP contribution in [0.2, 0.25) is 11.6 Å². The molecule has 0 bridgehead atoms. The van der Waals surface area contributed by atoms with Gasteiger partial charge in [0.05, 0.1) is 0 Å². The Morgan fingerprint density at radius 2 is 1.76 bits per heavy atom. The maximum Gasteiger partial charge on any atom is 0.328 e. The van der Waals surface area contributed by atoms with Gasteiger partial charge in [0.1, 0.15) is 0 Å². The van der Waals surface area contributed by atoms with E-state index in [0.29, 0.717) is 6.04 Å². The van der Waals surface area contributed by atoms with E-state index in [2.05, 4.69) is 20.8 Å². The van der Waals surface area contributed by atoms with E-state index in [0.717, 1.165) is 17.7 Å². The van der Waals surface area contributed by atoms with Crippen LogP contribution >= 0.6 is 0 Å². The van der Waals surface area contributed by atoms with Crippen LogP contribution in [0.4, 0.5) is 0 Å². The van der Waals surface area contributed by atoms with Gasteiger partial charge in [0, 0.05) is 18.2 Å². The van der Waals surface area contributed by atoms with E-state index >= 15 is 0 Å². The minimum atomic E-state index is -2.42. The molecule has 21 heavy (non-hydrogen) atoms. The highest BCUT2D eigenvalue weighted by Crippen LogP contribution is 2.39. The van der Waals surface area contributed by atoms with E-state index in [1.54, 1.807) is 0 Å². The van der Waals surface area contributed by atoms with Gasteiger partial charge in [-0.25, -0.2) is 9.59 Å². The smallest absolute Gasteiger partial charge is 0.328 e. The number of benzene rings is 1. The van der Waals surface area contributed by atoms with Gasteiger partial charge in [0.15, 0.2) is 0 Å². The quantitative estimate of drug-likeness (QED) is 0.669. The molecule has 0 spiro atoms. The van der Waals surface area contributed by atoms with Gasteiger partial charge in [-0.3, -0.25) is 0 Å². The molecule has 0 radical (unpaired) electrons. The molecular weight excluding hydrogens is 284 g/mol. The molecule has 0 saturated carbocycles. The lowest BCUT2D eigenvalue weighted by Gasteiger charge is -2.38. The van der Waals surface area contributed by atoms with Crippen LogP contribution in [0.25, 0.3) is 0 Å². The third kappa shape index (κ3) is 5.19. The molecule has 0 aromatic heterocycles. The molecule has 0 aliphatic carbocycles. The summed E-state index contributed by atoms with van der Waals surface area (Å²) >= 11 is 0. The van der Waals surface area contributed by atoms with E-state index in [1.807, 2.05) is 36.9 Å². The highest BCUT2D eigenvalue weighted by Gasteiger charge is 2.44. The fourth-order valence-electron chi connectivity index (χ4n) is 1.84. The minimum Gasteiger partial charge on any atom is -0.515 e. The molecule has 1 aromatic rings. The van der Waals surface area contributed by atoms with Crippen LogP contribution in [0.3, 0.4) is 0 Å². The normalized spacial score (nSPS) is 14.7. The van der Waals surface area contributed by atoms with Crippen molar-refractivity contribution in [1.29, 1.82) is 0 Å². The first-order valence-corrected chi connectivity index (χ1v) is 9.43. The Labute approximate surface area is 126 Å². The summed E-state index contributed by atoms with van der Waals surface area (Å²) in [6.45, 7) is 8.16. The summed E-state index contributed by atoms with van der Waals surface area (Å²) < 4.78 is 5.71. The van der Waals surface area contributed by atoms with Gasteiger partial charge in [-0.2, -0.15) is 0 Å². The highest BCUT2D eigenvalue weighted by atomic mass is 28.4. The zero-order chi connectivity index (χ0) is 16.1. The highest BCUT2D eigenvalue weighted by molar-refractivity contribution is 6.76. The van der Waals surface area contributed by atoms with Crippen LogP contribution in [0.15, 0.2) is 42.5 Å². The van der Waals surface area contributed by atoms with Crippen molar-refractivity contribution in [2.45, 2.75) is 38.4 Å². The number of carbonyl (C=O) groups is 2. The molecule has 114 valence electrons. The second kappa shape index (κ2) is 6.71. The lowest BCUT2D eigenvalue weighted by molar-refractivity contribution is -0.133. The van der Waals surface area contributed by atoms with Gasteiger partial charge >= 0.3 is 11.9 Å². The number of hydrogen-bond donors (Lipinski definition) is 1. The predicted octanol–water partition coefficient (Wildman–Crippen LogP) is 3.33. The zero-order valence-electron chi connectivity index (χ0n) is 12.9. The number of carboxylic acids is 1. The number of hydrogen-bond acceptors (Lipinski definition) is 3. The van der Waals surface area contributed by atoms with E-state index in [9.17, 15) is 9.59 Å². The Kier molecular flexibility index (Phi) is 5.49. The molecule has 5 heteroatoms. The lowest BCUT2D eigenvalue weighted by atomic mass is 10.2. The second-order valence-corrected chi connectivity index (χ2v) is 10.8. The van der Waals surface area contributed by atoms with Gasteiger partial charge in [-0.05, 0) is 17.1 Å². The first kappa shape index (κ1) is 17.2. The second-order valence-electron chi connectivity index (χ2n) is 6.24. The van der Waals surface area contributed by atoms with Crippen molar-refractivity contribution in [2.75, 3.05) is 0 Å². The molecule has 0 fully saturated rings. The van der Waals surface area contributed by atoms with Gasteiger partial charge < -0.3 is 9.53 Å². The Balaban J connectivity index is 2.95. The maximum absolute atomic E-state index is 11.9. The largest absolute Gasteiger partial charge is 0.515 e. The van der Waals surface area contributed by atoms with Crippen molar-refractivity contribution in [3.63, 3.8) is 0 Å². The zero-order valence-corrected chi connectivity index (χ0v) is 13.9. The van der Waals surface area contributed by atoms with Crippen LogP contribution in [0.1, 0.15) is 26.3 Å². The van der Waals surface area contributed by atoms with E-state index in [4.69, 9.17) is 9.53 Å². The molecule has 0 aliphatic heterocycles. The van der Waals surface area contributed by atoms with E-state index < -0.39 is 20.3 Å². The molecular formula is C16H22O4Si. The fourth-order valence-corrected chi connectivity index (χ4v) is 4.27. The summed E-state index contributed by atoms with van der Waals surface area (Å²) in [5, 5.41) is 8.42. The van der Waals surface area contributed by atoms with Gasteiger partial charge in [0.2, 0.25) is 0 Å². The Bertz CT molecular complexity index is 531. The molecule has 1 N–H and O–H groups in total. The van der Waals surface area contributed by atoms with Crippen LogP contribution in [0.5, 0.6) is 0 Å². The molecule has 1 aromatic carbocycles. The number of carboxylic acid groups (broad SMARTS) is 1. The summed E-state index contributed by atoms with van der Waals surface area (Å²) in [5.41, 5.74) is 1.12. The Hall–Kier alpha value is -1.88. The molecule has 0 saturated heterocycles. The maximum atomic E-state index is 11.9. The summed E-state index contributed by atoms with van der Waals surface area (Å²) in [4.78, 5) is 22.3. The lowest BCUT2D eigenvalue weighted by Crippen LogP contribution is -2.48. The van der Waals surface area contributed by atoms with Crippen LogP contribution < -0.4 is 0 Å². The van der Waals surface area contributed by atoms with Gasteiger partial charge in [-0.15, -0.1) is 0 Å². The molecule has 0 amide bonds. The Morgan fingerprint density at radius 1 is 1.19 bits per heavy atom. The molecule has 1 atom stereocenters. The first-order valence-electron chi connectivity index (χ1n) is 6.82. The van der Waals surface area contributed by atoms with Crippen molar-refractivity contribution in [3.05, 3.63) is 48.0 Å². The fraction of sp³-hybridized carbons (Fsp3) is 0.375. The average Bonchev–Trinajstić information content (AvgIpc) is 2.36. The van der Waals surface area contributed by atoms with Crippen molar-refractivity contribution < 1.29 is 19.1 Å². The minimum absolute atomic E-state index is 0.157. The van der Waals surface area contributed by atoms with Gasteiger partial charge in [0.25, 0.3) is 8.32 Å². The van der Waals surface area contributed by atoms with Crippen LogP contribution in [-0.4, -0.2) is 25.4 Å². The molecule has 0 heterocycles. The Morgan fingerprint density at radius 3 is 2.24 bits per heavy atom. The van der Waals surface area contributed by atoms with E-state index in [-0.39, 0.29) is 5.04 Å². The number of carbonyl (C=O) groups excluding carboxylic acids is 1. The van der Waals surface area contributed by atoms with Crippen molar-refractivity contribution in [3.8, 4) is 0 Å². The SMILES string of the molecule is CC(C)(C)[Si](C)(Cc1ccccc1)OC(=O)/C=C\C(=O)O. The molecule has 1 rings (SSSR count). The third-order valence-electron chi connectivity index (χ3n) is 3.66. The average molecular weight is 306 g/mol. The number of aliphatic carboxylic acids is 1. The van der Waals surface area contributed by atoms with Crippen molar-refractivity contribution in [2.24, 2.45) is 0 Å². The predicted molar refractivity (Wildman–Crippen MR) is 84.3 cm³/mol. The monoisotopic (exact) mass is 306 g/mol. The summed E-state index contributed by atoms with van der Waals surface area (Å²) in [5.74, 6) is -1.74. The third-order valence-corrected chi connectivity index (χ3v) is 8.57. The summed E-state index contributed by atoms with van der Waals surface area (Å²) in [6, 6.07) is 10.6. The first-order chi connectivity index (χ1) is 9.64. The van der Waals surface area contributed by atoms with E-state index in [1.165, 1.54) is 0 Å². The topological polar surface area (TPSA) is 63.6 Å². The summed E-state index contributed by atoms with van der Waals surface area (Å²) in [7, 11) is -2.42.